The molecule has 0 unspecified atom stereocenters. The molecule has 4 aromatic rings. The molecular formula is C47H62Br3Cl2N11O16. The molecule has 0 saturated carbocycles. The van der Waals surface area contributed by atoms with Crippen molar-refractivity contribution in [3.63, 3.8) is 0 Å². The van der Waals surface area contributed by atoms with Crippen LogP contribution in [-0.4, -0.2) is 183 Å². The summed E-state index contributed by atoms with van der Waals surface area (Å²) < 4.78 is 2.10. The number of anilines is 3. The van der Waals surface area contributed by atoms with Gasteiger partial charge in [0, 0.05) is 49.1 Å². The summed E-state index contributed by atoms with van der Waals surface area (Å²) in [7, 11) is 0. The van der Waals surface area contributed by atoms with Gasteiger partial charge in [0.2, 0.25) is 0 Å². The van der Waals surface area contributed by atoms with Gasteiger partial charge in [-0.1, -0.05) is 67.9 Å². The number of phenolic OH excluding ortho intramolecular Hbond substituents is 1. The van der Waals surface area contributed by atoms with Crippen LogP contribution in [0.5, 0.6) is 5.75 Å². The van der Waals surface area contributed by atoms with Crippen molar-refractivity contribution in [2.45, 2.75) is 74.5 Å². The van der Waals surface area contributed by atoms with E-state index in [1.807, 2.05) is 12.1 Å². The van der Waals surface area contributed by atoms with E-state index in [1.54, 1.807) is 72.8 Å². The average molecular weight is 1350 g/mol. The Balaban J connectivity index is 0.000000583. The molecule has 0 heterocycles. The number of benzene rings is 4. The summed E-state index contributed by atoms with van der Waals surface area (Å²) in [6.45, 7) is -0.439. The van der Waals surface area contributed by atoms with E-state index >= 15 is 0 Å². The molecule has 24 N–H and O–H groups in total. The van der Waals surface area contributed by atoms with Crippen LogP contribution in [0, 0.1) is 21.6 Å². The number of hydrogen-bond acceptors (Lipinski definition) is 18. The lowest BCUT2D eigenvalue weighted by molar-refractivity contribution is -0.164. The summed E-state index contributed by atoms with van der Waals surface area (Å²) in [5.41, 5.74) is 2.27. The summed E-state index contributed by atoms with van der Waals surface area (Å²) in [4.78, 5) is 32.3. The fourth-order valence-corrected chi connectivity index (χ4v) is 7.34. The lowest BCUT2D eigenvalue weighted by Gasteiger charge is -2.23. The van der Waals surface area contributed by atoms with Crippen molar-refractivity contribution in [1.82, 2.24) is 21.3 Å². The van der Waals surface area contributed by atoms with Crippen LogP contribution < -0.4 is 37.2 Å². The number of unbranched alkanes of at least 4 members (excludes halogenated alkanes) is 3. The Morgan fingerprint density at radius 3 is 1.20 bits per heavy atom. The molecule has 8 atom stereocenters. The van der Waals surface area contributed by atoms with E-state index in [4.69, 9.17) is 106 Å². The van der Waals surface area contributed by atoms with Crippen LogP contribution in [0.3, 0.4) is 0 Å². The number of carboxylic acid groups (broad SMARTS) is 2. The summed E-state index contributed by atoms with van der Waals surface area (Å²) in [6, 6.07) is 24.3. The number of rotatable bonds is 21. The SMILES string of the molecule is N=C(NCCCCCCNC(=N)NC(=N)Nc1ccc(Cl)cc1)NC(=N)Nc1ccc(Cl)cc1.O=C(Nc1ccc(Br)cc1)c1cc(Br)cc(Br)c1O.O=C(O)[C@H](O)[C@@H](O)[C@H](O)[C@H](O)CO.O=C(O)[C@H](O)[C@@H](O)[C@H](O)[C@H](O)CO. The predicted molar refractivity (Wildman–Crippen MR) is 305 cm³/mol. The Kier molecular flexibility index (Phi) is 34.2. The lowest BCUT2D eigenvalue weighted by atomic mass is 10.0. The third kappa shape index (κ3) is 28.8. The molecule has 79 heavy (non-hydrogen) atoms. The van der Waals surface area contributed by atoms with Gasteiger partial charge in [0.1, 0.15) is 42.4 Å². The molecule has 27 nitrogen and oxygen atoms in total. The Hall–Kier alpha value is -5.81. The van der Waals surface area contributed by atoms with Gasteiger partial charge in [0.25, 0.3) is 5.91 Å². The van der Waals surface area contributed by atoms with E-state index in [-0.39, 0.29) is 41.1 Å². The largest absolute Gasteiger partial charge is 0.506 e. The number of amides is 1. The normalized spacial score (nSPS) is 13.5. The fourth-order valence-electron chi connectivity index (χ4n) is 5.59. The Morgan fingerprint density at radius 1 is 0.494 bits per heavy atom. The second kappa shape index (κ2) is 37.9. The molecule has 0 spiro atoms. The number of guanidine groups is 4. The minimum absolute atomic E-state index is 0.00148. The summed E-state index contributed by atoms with van der Waals surface area (Å²) >= 11 is 21.5. The number of carbonyl (C=O) groups excluding carboxylic acids is 1. The van der Waals surface area contributed by atoms with Crippen molar-refractivity contribution in [3.8, 4) is 5.75 Å². The van der Waals surface area contributed by atoms with Gasteiger partial charge < -0.3 is 93.0 Å². The van der Waals surface area contributed by atoms with Crippen LogP contribution in [0.4, 0.5) is 17.1 Å². The first kappa shape index (κ1) is 71.2. The average Bonchev–Trinajstić information content (AvgIpc) is 3.41. The van der Waals surface area contributed by atoms with E-state index in [1.165, 1.54) is 0 Å². The van der Waals surface area contributed by atoms with Crippen LogP contribution in [0.1, 0.15) is 36.0 Å². The quantitative estimate of drug-likeness (QED) is 0.0323. The van der Waals surface area contributed by atoms with E-state index in [0.29, 0.717) is 49.1 Å². The summed E-state index contributed by atoms with van der Waals surface area (Å²) in [5, 5.41) is 166. The summed E-state index contributed by atoms with van der Waals surface area (Å²) in [6.07, 6.45) is -12.0. The van der Waals surface area contributed by atoms with Gasteiger partial charge in [-0.25, -0.2) is 9.59 Å². The number of hydrogen-bond donors (Lipinski definition) is 24. The molecule has 1 amide bonds. The number of phenols is 1. The van der Waals surface area contributed by atoms with Gasteiger partial charge in [-0.3, -0.25) is 37.1 Å². The highest BCUT2D eigenvalue weighted by molar-refractivity contribution is 9.11. The maximum atomic E-state index is 12.1. The Morgan fingerprint density at radius 2 is 0.848 bits per heavy atom. The third-order valence-corrected chi connectivity index (χ3v) is 11.9. The predicted octanol–water partition coefficient (Wildman–Crippen LogP) is 2.12. The molecule has 0 saturated heterocycles. The van der Waals surface area contributed by atoms with Gasteiger partial charge in [0.15, 0.2) is 36.0 Å². The van der Waals surface area contributed by atoms with Crippen molar-refractivity contribution < 1.29 is 80.8 Å². The standard InChI is InChI=1S/C22H30Cl2N10.C13H8Br3NO2.2C6H12O7/c23-15-5-9-17(10-6-15)31-21(27)33-19(25)29-13-3-1-2-4-14-30-20(26)34-22(28)32-18-11-7-16(24)8-12-18;14-7-1-3-9(4-2-7)17-13(19)10-5-8(15)6-11(16)12(10)18;2*7-1-2(8)3(9)4(10)5(11)6(12)13/h5-12H,1-4,13-14H2,(H5,25,27,29,31,33)(H5,26,28,30,32,34);1-6,18H,(H,17,19);2*2-5,7-11H,1H2,(H,12,13)/t;;2*2-,3-,4+,5-/m..11/s1. The first-order valence-corrected chi connectivity index (χ1v) is 26.0. The van der Waals surface area contributed by atoms with Crippen molar-refractivity contribution in [2.24, 2.45) is 0 Å². The van der Waals surface area contributed by atoms with E-state index < -0.39 is 74.0 Å². The van der Waals surface area contributed by atoms with Crippen LogP contribution >= 0.6 is 71.0 Å². The number of nitrogens with one attached hydrogen (secondary N) is 11. The van der Waals surface area contributed by atoms with Crippen LogP contribution in [0.25, 0.3) is 0 Å². The molecule has 0 aliphatic rings. The Labute approximate surface area is 487 Å². The smallest absolute Gasteiger partial charge is 0.335 e. The highest BCUT2D eigenvalue weighted by atomic mass is 79.9. The topological polar surface area (TPSA) is 494 Å². The molecule has 4 rings (SSSR count). The van der Waals surface area contributed by atoms with Crippen molar-refractivity contribution in [2.75, 3.05) is 42.3 Å². The number of aliphatic carboxylic acids is 2. The first-order chi connectivity index (χ1) is 37.1. The Bertz CT molecular complexity index is 2450. The molecule has 436 valence electrons. The lowest BCUT2D eigenvalue weighted by Crippen LogP contribution is -2.48. The molecule has 0 aliphatic carbocycles. The van der Waals surface area contributed by atoms with Crippen LogP contribution in [0.2, 0.25) is 10.0 Å². The number of aromatic hydroxyl groups is 1. The number of halogens is 5. The zero-order valence-corrected chi connectivity index (χ0v) is 47.6. The highest BCUT2D eigenvalue weighted by Gasteiger charge is 2.35. The highest BCUT2D eigenvalue weighted by Crippen LogP contribution is 2.32. The van der Waals surface area contributed by atoms with E-state index in [2.05, 4.69) is 85.0 Å². The number of aliphatic hydroxyl groups excluding tert-OH is 10. The minimum atomic E-state index is -2.20. The molecule has 0 bridgehead atoms. The number of carbonyl (C=O) groups is 3. The zero-order valence-electron chi connectivity index (χ0n) is 41.3. The van der Waals surface area contributed by atoms with Crippen molar-refractivity contribution in [3.05, 3.63) is 114 Å². The van der Waals surface area contributed by atoms with E-state index in [9.17, 15) is 19.5 Å². The molecule has 4 aromatic carbocycles. The second-order valence-electron chi connectivity index (χ2n) is 16.1. The maximum Gasteiger partial charge on any atom is 0.335 e. The van der Waals surface area contributed by atoms with Gasteiger partial charge in [-0.15, -0.1) is 0 Å². The molecule has 0 aromatic heterocycles. The van der Waals surface area contributed by atoms with Gasteiger partial charge in [0.05, 0.1) is 23.2 Å². The number of carboxylic acids is 2. The third-order valence-electron chi connectivity index (χ3n) is 9.82. The molecule has 0 aliphatic heterocycles. The maximum absolute atomic E-state index is 12.1. The molecule has 0 radical (unpaired) electrons. The van der Waals surface area contributed by atoms with Gasteiger partial charge in [-0.2, -0.15) is 0 Å². The second-order valence-corrected chi connectivity index (χ2v) is 19.6. The van der Waals surface area contributed by atoms with Crippen molar-refractivity contribution >= 4 is 130 Å². The van der Waals surface area contributed by atoms with Crippen molar-refractivity contribution in [1.29, 1.82) is 21.6 Å². The van der Waals surface area contributed by atoms with E-state index in [0.717, 1.165) is 30.2 Å². The van der Waals surface area contributed by atoms with Gasteiger partial charge in [-0.05, 0) is 114 Å². The van der Waals surface area contributed by atoms with Crippen LogP contribution in [0.15, 0.2) is 98.3 Å². The number of aliphatic hydroxyl groups is 10. The summed E-state index contributed by atoms with van der Waals surface area (Å²) in [5.74, 6) is -3.80. The molecular weight excluding hydrogens is 1290 g/mol. The molecule has 32 heteroatoms. The van der Waals surface area contributed by atoms with Gasteiger partial charge >= 0.3 is 11.9 Å². The zero-order chi connectivity index (χ0) is 59.9. The monoisotopic (exact) mass is 1340 g/mol. The van der Waals surface area contributed by atoms with Crippen LogP contribution in [-0.2, 0) is 9.59 Å². The molecule has 0 fully saturated rings. The first-order valence-electron chi connectivity index (χ1n) is 22.9. The fraction of sp³-hybridized carbons (Fsp3) is 0.340. The minimum Gasteiger partial charge on any atom is -0.506 e.